The average molecular weight is 668 g/mol. The van der Waals surface area contributed by atoms with Gasteiger partial charge in [0.05, 0.1) is 6.04 Å². The first kappa shape index (κ1) is 31.8. The van der Waals surface area contributed by atoms with Crippen molar-refractivity contribution >= 4 is 16.9 Å². The molecule has 1 aliphatic heterocycles. The van der Waals surface area contributed by atoms with Crippen molar-refractivity contribution in [2.45, 2.75) is 58.9 Å². The lowest BCUT2D eigenvalue weighted by Crippen LogP contribution is -2.37. The normalized spacial score (nSPS) is 29.8. The number of benzene rings is 2. The Kier molecular flexibility index (Phi) is 8.00. The summed E-state index contributed by atoms with van der Waals surface area (Å²) >= 11 is 0. The molecule has 2 aromatic rings. The molecule has 0 saturated carbocycles. The van der Waals surface area contributed by atoms with Crippen LogP contribution in [-0.4, -0.2) is 6.04 Å². The van der Waals surface area contributed by atoms with E-state index < -0.39 is 0 Å². The number of fused-ring (bicyclic) bond motifs is 4. The van der Waals surface area contributed by atoms with E-state index in [1.54, 1.807) is 12.2 Å². The monoisotopic (exact) mass is 667 g/mol. The van der Waals surface area contributed by atoms with E-state index in [-0.39, 0.29) is 12.0 Å². The lowest BCUT2D eigenvalue weighted by Gasteiger charge is -2.40. The highest BCUT2D eigenvalue weighted by molar-refractivity contribution is 5.73. The van der Waals surface area contributed by atoms with Crippen LogP contribution in [0.2, 0.25) is 0 Å². The highest BCUT2D eigenvalue weighted by Gasteiger charge is 2.34. The summed E-state index contributed by atoms with van der Waals surface area (Å²) in [5.41, 5.74) is 16.6. The molecule has 1 heterocycles. The molecule has 0 bridgehead atoms. The third-order valence-electron chi connectivity index (χ3n) is 11.8. The van der Waals surface area contributed by atoms with Crippen LogP contribution in [0.3, 0.4) is 0 Å². The molecule has 0 amide bonds. The van der Waals surface area contributed by atoms with E-state index in [4.69, 9.17) is 9.47 Å². The third-order valence-corrected chi connectivity index (χ3v) is 11.8. The molecule has 0 fully saturated rings. The molecule has 7 aliphatic rings. The van der Waals surface area contributed by atoms with Crippen molar-refractivity contribution in [3.8, 4) is 0 Å². The van der Waals surface area contributed by atoms with Crippen molar-refractivity contribution in [2.75, 3.05) is 4.90 Å². The van der Waals surface area contributed by atoms with Gasteiger partial charge in [-0.15, -0.1) is 0 Å². The Labute approximate surface area is 302 Å². The van der Waals surface area contributed by atoms with Crippen LogP contribution < -0.4 is 4.90 Å². The summed E-state index contributed by atoms with van der Waals surface area (Å²) < 4.78 is 12.3. The zero-order valence-corrected chi connectivity index (χ0v) is 30.0. The molecule has 3 nitrogen and oxygen atoms in total. The number of nitrogens with zero attached hydrogens (tertiary/aromatic N) is 1. The highest BCUT2D eigenvalue weighted by Crippen LogP contribution is 2.45. The smallest absolute Gasteiger partial charge is 0.179 e. The van der Waals surface area contributed by atoms with Crippen molar-refractivity contribution in [3.05, 3.63) is 184 Å². The molecule has 0 aromatic heterocycles. The van der Waals surface area contributed by atoms with Gasteiger partial charge in [0.25, 0.3) is 0 Å². The summed E-state index contributed by atoms with van der Waals surface area (Å²) in [6, 6.07) is 18.7. The zero-order chi connectivity index (χ0) is 34.6. The molecule has 0 spiro atoms. The maximum absolute atomic E-state index is 6.23. The summed E-state index contributed by atoms with van der Waals surface area (Å²) in [5.74, 6) is 5.62. The van der Waals surface area contributed by atoms with E-state index in [2.05, 4.69) is 153 Å². The minimum Gasteiger partial charge on any atom is -0.449 e. The van der Waals surface area contributed by atoms with Gasteiger partial charge in [-0.1, -0.05) is 112 Å². The summed E-state index contributed by atoms with van der Waals surface area (Å²) in [6.07, 6.45) is 30.5. The quantitative estimate of drug-likeness (QED) is 0.296. The van der Waals surface area contributed by atoms with Gasteiger partial charge < -0.3 is 14.4 Å². The van der Waals surface area contributed by atoms with Gasteiger partial charge in [0.15, 0.2) is 23.0 Å². The zero-order valence-electron chi connectivity index (χ0n) is 30.0. The van der Waals surface area contributed by atoms with Gasteiger partial charge in [0, 0.05) is 35.4 Å². The number of ether oxygens (including phenoxy) is 2. The van der Waals surface area contributed by atoms with E-state index in [0.29, 0.717) is 41.1 Å². The van der Waals surface area contributed by atoms with Gasteiger partial charge >= 0.3 is 0 Å². The Bertz CT molecular complexity index is 2160. The van der Waals surface area contributed by atoms with Crippen LogP contribution in [0, 0.1) is 29.6 Å². The Balaban J connectivity index is 1.05. The average Bonchev–Trinajstić information content (AvgIpc) is 3.16. The second-order valence-corrected chi connectivity index (χ2v) is 15.3. The maximum atomic E-state index is 6.23. The fraction of sp³-hybridized carbons (Fsp3) is 0.292. The Morgan fingerprint density at radius 2 is 1.43 bits per heavy atom. The summed E-state index contributed by atoms with van der Waals surface area (Å²) in [5, 5.41) is 0. The van der Waals surface area contributed by atoms with E-state index >= 15 is 0 Å². The number of hydrogen-bond donors (Lipinski definition) is 0. The van der Waals surface area contributed by atoms with Crippen LogP contribution in [0.5, 0.6) is 0 Å². The van der Waals surface area contributed by atoms with E-state index in [9.17, 15) is 0 Å². The van der Waals surface area contributed by atoms with Crippen LogP contribution in [0.4, 0.5) is 11.4 Å². The summed E-state index contributed by atoms with van der Waals surface area (Å²) in [6.45, 7) is 9.43. The second kappa shape index (κ2) is 12.8. The molecule has 0 N–H and O–H groups in total. The van der Waals surface area contributed by atoms with Gasteiger partial charge in [0.1, 0.15) is 0 Å². The van der Waals surface area contributed by atoms with Crippen molar-refractivity contribution in [2.24, 2.45) is 29.6 Å². The molecule has 51 heavy (non-hydrogen) atoms. The molecule has 6 aliphatic carbocycles. The van der Waals surface area contributed by atoms with Gasteiger partial charge in [-0.05, 0) is 113 Å². The van der Waals surface area contributed by atoms with Crippen molar-refractivity contribution < 1.29 is 9.47 Å². The molecule has 0 saturated heterocycles. The van der Waals surface area contributed by atoms with Crippen molar-refractivity contribution in [3.63, 3.8) is 0 Å². The molecule has 9 rings (SSSR count). The highest BCUT2D eigenvalue weighted by atomic mass is 16.6. The topological polar surface area (TPSA) is 21.7 Å². The molecular formula is C48H45NO2. The first-order valence-corrected chi connectivity index (χ1v) is 18.8. The van der Waals surface area contributed by atoms with E-state index in [1.807, 2.05) is 0 Å². The van der Waals surface area contributed by atoms with Crippen LogP contribution in [0.1, 0.15) is 64.0 Å². The lowest BCUT2D eigenvalue weighted by atomic mass is 9.71. The van der Waals surface area contributed by atoms with Crippen LogP contribution in [0.25, 0.3) is 5.57 Å². The number of rotatable bonds is 5. The van der Waals surface area contributed by atoms with Crippen molar-refractivity contribution in [1.82, 2.24) is 0 Å². The number of hydrogen-bond acceptors (Lipinski definition) is 3. The van der Waals surface area contributed by atoms with Crippen LogP contribution in [0.15, 0.2) is 173 Å². The molecule has 7 atom stereocenters. The number of anilines is 2. The Morgan fingerprint density at radius 3 is 2.20 bits per heavy atom. The third kappa shape index (κ3) is 5.81. The Hall–Kier alpha value is -5.20. The molecule has 0 radical (unpaired) electrons. The molecule has 7 unspecified atom stereocenters. The standard InChI is InChI=1S/C48H45NO2/c1-30-12-13-32(3)42(26-30)35-16-22-39(23-17-35)49(44-28-37-18-24-40-31(2)8-7-9-41(40)43(37)27-33(44)4)38-20-14-34(15-21-38)36-19-25-47-48(29-36)51-46-11-6-5-10-45(46)50-47/h7-11,14-18,20-33,36,40,44H,12-13,19H2,1-4H3. The minimum absolute atomic E-state index is 0.163. The summed E-state index contributed by atoms with van der Waals surface area (Å²) in [7, 11) is 0. The van der Waals surface area contributed by atoms with Gasteiger partial charge in [-0.2, -0.15) is 0 Å². The van der Waals surface area contributed by atoms with Gasteiger partial charge in [-0.25, -0.2) is 0 Å². The fourth-order valence-corrected chi connectivity index (χ4v) is 8.83. The lowest BCUT2D eigenvalue weighted by molar-refractivity contribution is 0.183. The molecule has 254 valence electrons. The second-order valence-electron chi connectivity index (χ2n) is 15.3. The molecule has 2 aromatic carbocycles. The van der Waals surface area contributed by atoms with E-state index in [0.717, 1.165) is 17.9 Å². The first-order valence-electron chi connectivity index (χ1n) is 18.8. The maximum Gasteiger partial charge on any atom is 0.179 e. The summed E-state index contributed by atoms with van der Waals surface area (Å²) in [4.78, 5) is 2.55. The molecule has 3 heteroatoms. The first-order chi connectivity index (χ1) is 24.9. The van der Waals surface area contributed by atoms with Crippen LogP contribution in [-0.2, 0) is 9.47 Å². The number of allylic oxidation sites excluding steroid dienone is 14. The Morgan fingerprint density at radius 1 is 0.706 bits per heavy atom. The largest absolute Gasteiger partial charge is 0.449 e. The van der Waals surface area contributed by atoms with E-state index in [1.165, 1.54) is 57.6 Å². The predicted molar refractivity (Wildman–Crippen MR) is 208 cm³/mol. The minimum atomic E-state index is 0.163. The van der Waals surface area contributed by atoms with Gasteiger partial charge in [-0.3, -0.25) is 0 Å². The van der Waals surface area contributed by atoms with Crippen molar-refractivity contribution in [1.29, 1.82) is 0 Å². The molecular weight excluding hydrogens is 623 g/mol. The van der Waals surface area contributed by atoms with Crippen LogP contribution >= 0.6 is 0 Å². The van der Waals surface area contributed by atoms with Gasteiger partial charge in [0.2, 0.25) is 0 Å². The predicted octanol–water partition coefficient (Wildman–Crippen LogP) is 11.9. The SMILES string of the molecule is CC1C=C(c2ccc(N(c3ccc(C4C=C5OC6=C(C=C=C=C6)OC5=CC4)cc3)C3C=C4C=CC5C(=CC=CC5C)C4=CC3C)cc2)C(C)CC1. The fourth-order valence-electron chi connectivity index (χ4n) is 8.83.